The number of benzene rings is 7. The average molecular weight is 683 g/mol. The quantitative estimate of drug-likeness (QED) is 0.134. The third-order valence-electron chi connectivity index (χ3n) is 11.5. The fourth-order valence-electron chi connectivity index (χ4n) is 8.50. The molecule has 254 valence electrons. The highest BCUT2D eigenvalue weighted by atomic mass is 16.3. The molecule has 3 heteroatoms. The van der Waals surface area contributed by atoms with Crippen molar-refractivity contribution in [1.29, 1.82) is 0 Å². The zero-order valence-electron chi connectivity index (χ0n) is 30.3. The van der Waals surface area contributed by atoms with E-state index in [1.54, 1.807) is 0 Å². The maximum Gasteiger partial charge on any atom is 0.135 e. The van der Waals surface area contributed by atoms with Crippen LogP contribution in [0.5, 0.6) is 0 Å². The third kappa shape index (κ3) is 4.95. The highest BCUT2D eigenvalue weighted by molar-refractivity contribution is 6.23. The van der Waals surface area contributed by atoms with E-state index < -0.39 is 0 Å². The SMILES string of the molecule is C/C(=C\C=C/[C@H](C)c1ccc2c(c1)C(C)(C)c1cc(-c3ccc4oc5ccccc5c4c3)ccc1-2)c1cnc2c3ccccc3c3ccccc3c2n1. The molecule has 1 aliphatic rings. The Labute approximate surface area is 309 Å². The number of allylic oxidation sites excluding steroid dienone is 4. The maximum absolute atomic E-state index is 6.10. The molecule has 0 bridgehead atoms. The van der Waals surface area contributed by atoms with Crippen LogP contribution < -0.4 is 0 Å². The second-order valence-corrected chi connectivity index (χ2v) is 15.1. The van der Waals surface area contributed by atoms with E-state index in [9.17, 15) is 0 Å². The molecule has 0 saturated heterocycles. The zero-order valence-corrected chi connectivity index (χ0v) is 30.3. The average Bonchev–Trinajstić information content (AvgIpc) is 3.68. The highest BCUT2D eigenvalue weighted by Crippen LogP contribution is 2.50. The van der Waals surface area contributed by atoms with Crippen LogP contribution >= 0.6 is 0 Å². The lowest BCUT2D eigenvalue weighted by Crippen LogP contribution is -2.15. The van der Waals surface area contributed by atoms with Crippen LogP contribution in [0, 0.1) is 0 Å². The summed E-state index contributed by atoms with van der Waals surface area (Å²) in [7, 11) is 0. The van der Waals surface area contributed by atoms with Crippen LogP contribution in [0.4, 0.5) is 0 Å². The van der Waals surface area contributed by atoms with E-state index in [0.29, 0.717) is 0 Å². The van der Waals surface area contributed by atoms with Crippen molar-refractivity contribution >= 4 is 60.1 Å². The Kier molecular flexibility index (Phi) is 7.03. The molecule has 2 aromatic heterocycles. The first-order valence-corrected chi connectivity index (χ1v) is 18.5. The van der Waals surface area contributed by atoms with E-state index in [-0.39, 0.29) is 11.3 Å². The van der Waals surface area contributed by atoms with Gasteiger partial charge in [0.15, 0.2) is 0 Å². The van der Waals surface area contributed by atoms with Gasteiger partial charge in [0.05, 0.1) is 22.9 Å². The van der Waals surface area contributed by atoms with Gasteiger partial charge >= 0.3 is 0 Å². The van der Waals surface area contributed by atoms with Crippen molar-refractivity contribution in [3.8, 4) is 22.3 Å². The van der Waals surface area contributed by atoms with Crippen LogP contribution in [-0.2, 0) is 5.41 Å². The standard InChI is InChI=1S/C50H38N2O/c1-30(12-11-13-31(2)45-29-51-48-40-17-7-5-14-35(40)36-15-6-8-18-41(36)49(48)52-45)32-20-23-37-38-24-21-34(28-44(38)50(3,4)43(37)27-32)33-22-25-47-42(26-33)39-16-9-10-19-46(39)53-47/h5-30H,1-4H3/b12-11-,31-13+/t30-/m0/s1. The van der Waals surface area contributed by atoms with Crippen molar-refractivity contribution in [2.75, 3.05) is 0 Å². The van der Waals surface area contributed by atoms with Crippen molar-refractivity contribution < 1.29 is 4.42 Å². The Hall–Kier alpha value is -6.32. The van der Waals surface area contributed by atoms with Gasteiger partial charge in [-0.1, -0.05) is 142 Å². The summed E-state index contributed by atoms with van der Waals surface area (Å²) in [6, 6.07) is 45.9. The molecule has 0 unspecified atom stereocenters. The molecule has 0 amide bonds. The van der Waals surface area contributed by atoms with Crippen LogP contribution in [0.1, 0.15) is 56.0 Å². The number of hydrogen-bond donors (Lipinski definition) is 0. The Morgan fingerprint density at radius 1 is 0.623 bits per heavy atom. The van der Waals surface area contributed by atoms with Gasteiger partial charge in [0.2, 0.25) is 0 Å². The molecule has 0 radical (unpaired) electrons. The van der Waals surface area contributed by atoms with E-state index in [1.807, 2.05) is 18.3 Å². The Morgan fingerprint density at radius 2 is 1.23 bits per heavy atom. The highest BCUT2D eigenvalue weighted by Gasteiger charge is 2.36. The Bertz CT molecular complexity index is 2980. The summed E-state index contributed by atoms with van der Waals surface area (Å²) in [6.07, 6.45) is 8.53. The summed E-state index contributed by atoms with van der Waals surface area (Å²) >= 11 is 0. The van der Waals surface area contributed by atoms with Gasteiger partial charge in [-0.15, -0.1) is 0 Å². The Morgan fingerprint density at radius 3 is 2.00 bits per heavy atom. The zero-order chi connectivity index (χ0) is 35.8. The smallest absolute Gasteiger partial charge is 0.135 e. The fraction of sp³-hybridized carbons (Fsp3) is 0.120. The number of hydrogen-bond acceptors (Lipinski definition) is 3. The van der Waals surface area contributed by atoms with E-state index in [0.717, 1.165) is 55.0 Å². The van der Waals surface area contributed by atoms with Crippen LogP contribution in [0.25, 0.3) is 82.3 Å². The van der Waals surface area contributed by atoms with Gasteiger partial charge in [0.25, 0.3) is 0 Å². The molecular weight excluding hydrogens is 645 g/mol. The van der Waals surface area contributed by atoms with Gasteiger partial charge in [-0.2, -0.15) is 0 Å². The molecule has 0 N–H and O–H groups in total. The van der Waals surface area contributed by atoms with Crippen molar-refractivity contribution in [3.63, 3.8) is 0 Å². The van der Waals surface area contributed by atoms with Gasteiger partial charge in [-0.25, -0.2) is 4.98 Å². The van der Waals surface area contributed by atoms with Crippen LogP contribution in [0.3, 0.4) is 0 Å². The summed E-state index contributed by atoms with van der Waals surface area (Å²) in [5.41, 5.74) is 14.8. The number of para-hydroxylation sites is 1. The van der Waals surface area contributed by atoms with Crippen molar-refractivity contribution in [3.05, 3.63) is 174 Å². The van der Waals surface area contributed by atoms with Gasteiger partial charge in [-0.3, -0.25) is 4.98 Å². The first-order chi connectivity index (χ1) is 25.8. The predicted molar refractivity (Wildman–Crippen MR) is 222 cm³/mol. The van der Waals surface area contributed by atoms with Gasteiger partial charge in [0.1, 0.15) is 11.2 Å². The van der Waals surface area contributed by atoms with E-state index in [4.69, 9.17) is 14.4 Å². The minimum absolute atomic E-state index is 0.118. The number of aromatic nitrogens is 2. The summed E-state index contributed by atoms with van der Waals surface area (Å²) in [5.74, 6) is 0.244. The molecular formula is C50H38N2O. The molecule has 0 saturated carbocycles. The Balaban J connectivity index is 0.929. The molecule has 0 spiro atoms. The first-order valence-electron chi connectivity index (χ1n) is 18.5. The van der Waals surface area contributed by atoms with Crippen molar-refractivity contribution in [1.82, 2.24) is 9.97 Å². The van der Waals surface area contributed by atoms with E-state index >= 15 is 0 Å². The number of nitrogens with zero attached hydrogens (tertiary/aromatic N) is 2. The van der Waals surface area contributed by atoms with Crippen LogP contribution in [-0.4, -0.2) is 9.97 Å². The fourth-order valence-corrected chi connectivity index (χ4v) is 8.50. The summed E-state index contributed by atoms with van der Waals surface area (Å²) in [6.45, 7) is 9.12. The van der Waals surface area contributed by atoms with Crippen molar-refractivity contribution in [2.24, 2.45) is 0 Å². The van der Waals surface area contributed by atoms with Gasteiger partial charge in [0, 0.05) is 27.0 Å². The summed E-state index contributed by atoms with van der Waals surface area (Å²) < 4.78 is 6.10. The molecule has 0 fully saturated rings. The summed E-state index contributed by atoms with van der Waals surface area (Å²) in [5, 5.41) is 7.00. The minimum Gasteiger partial charge on any atom is -0.456 e. The number of furan rings is 1. The predicted octanol–water partition coefficient (Wildman–Crippen LogP) is 13.6. The first kappa shape index (κ1) is 31.4. The summed E-state index contributed by atoms with van der Waals surface area (Å²) in [4.78, 5) is 10.1. The lowest BCUT2D eigenvalue weighted by Gasteiger charge is -2.23. The van der Waals surface area contributed by atoms with Gasteiger partial charge < -0.3 is 4.42 Å². The molecule has 9 aromatic rings. The molecule has 1 atom stereocenters. The second kappa shape index (κ2) is 11.9. The number of fused-ring (bicyclic) bond motifs is 12. The molecule has 10 rings (SSSR count). The van der Waals surface area contributed by atoms with Crippen molar-refractivity contribution in [2.45, 2.75) is 39.0 Å². The van der Waals surface area contributed by atoms with E-state index in [2.05, 4.69) is 161 Å². The molecule has 53 heavy (non-hydrogen) atoms. The lowest BCUT2D eigenvalue weighted by atomic mass is 9.80. The lowest BCUT2D eigenvalue weighted by molar-refractivity contribution is 0.659. The van der Waals surface area contributed by atoms with Crippen LogP contribution in [0.15, 0.2) is 156 Å². The molecule has 3 nitrogen and oxygen atoms in total. The monoisotopic (exact) mass is 682 g/mol. The molecule has 7 aromatic carbocycles. The topological polar surface area (TPSA) is 38.9 Å². The van der Waals surface area contributed by atoms with Crippen LogP contribution in [0.2, 0.25) is 0 Å². The minimum atomic E-state index is -0.118. The normalized spacial score (nSPS) is 14.5. The maximum atomic E-state index is 6.10. The largest absolute Gasteiger partial charge is 0.456 e. The van der Waals surface area contributed by atoms with E-state index in [1.165, 1.54) is 49.7 Å². The third-order valence-corrected chi connectivity index (χ3v) is 11.5. The number of rotatable bonds is 5. The molecule has 1 aliphatic carbocycles. The van der Waals surface area contributed by atoms with Gasteiger partial charge in [-0.05, 0) is 92.4 Å². The molecule has 2 heterocycles. The molecule has 0 aliphatic heterocycles. The second-order valence-electron chi connectivity index (χ2n) is 15.1.